The van der Waals surface area contributed by atoms with Crippen molar-refractivity contribution in [1.29, 1.82) is 0 Å². The lowest BCUT2D eigenvalue weighted by Crippen LogP contribution is -2.03. The van der Waals surface area contributed by atoms with Gasteiger partial charge in [-0.05, 0) is 48.9 Å². The van der Waals surface area contributed by atoms with Crippen LogP contribution >= 0.6 is 0 Å². The van der Waals surface area contributed by atoms with Crippen molar-refractivity contribution >= 4 is 5.82 Å². The molecule has 0 spiro atoms. The average molecular weight is 285 g/mol. The molecule has 1 heterocycles. The van der Waals surface area contributed by atoms with Crippen LogP contribution in [-0.2, 0) is 12.8 Å². The summed E-state index contributed by atoms with van der Waals surface area (Å²) in [6, 6.07) is 6.25. The van der Waals surface area contributed by atoms with Crippen molar-refractivity contribution in [1.82, 2.24) is 9.97 Å². The number of fused-ring (bicyclic) bond motifs is 1. The van der Waals surface area contributed by atoms with E-state index in [1.165, 1.54) is 30.3 Å². The summed E-state index contributed by atoms with van der Waals surface area (Å²) >= 11 is 0. The van der Waals surface area contributed by atoms with Gasteiger partial charge in [0.1, 0.15) is 12.1 Å². The largest absolute Gasteiger partial charge is 0.489 e. The SMILES string of the molecule is CNc1ncnc(Oc2ccc3c(c2)CCCC3)c1OC. The van der Waals surface area contributed by atoms with Gasteiger partial charge in [0.05, 0.1) is 7.11 Å². The Morgan fingerprint density at radius 3 is 2.67 bits per heavy atom. The van der Waals surface area contributed by atoms with Crippen LogP contribution in [-0.4, -0.2) is 24.1 Å². The zero-order valence-electron chi connectivity index (χ0n) is 12.3. The monoisotopic (exact) mass is 285 g/mol. The van der Waals surface area contributed by atoms with Gasteiger partial charge >= 0.3 is 0 Å². The van der Waals surface area contributed by atoms with Gasteiger partial charge in [0.25, 0.3) is 5.88 Å². The third-order valence-electron chi connectivity index (χ3n) is 3.75. The molecule has 0 unspecified atom stereocenters. The van der Waals surface area contributed by atoms with Gasteiger partial charge < -0.3 is 14.8 Å². The first-order chi connectivity index (χ1) is 10.3. The molecule has 5 nitrogen and oxygen atoms in total. The molecule has 1 aliphatic carbocycles. The molecular weight excluding hydrogens is 266 g/mol. The van der Waals surface area contributed by atoms with E-state index >= 15 is 0 Å². The zero-order valence-corrected chi connectivity index (χ0v) is 12.3. The fraction of sp³-hybridized carbons (Fsp3) is 0.375. The number of nitrogens with one attached hydrogen (secondary N) is 1. The molecule has 2 aromatic rings. The molecule has 1 N–H and O–H groups in total. The third kappa shape index (κ3) is 2.77. The quantitative estimate of drug-likeness (QED) is 0.935. The average Bonchev–Trinajstić information content (AvgIpc) is 2.54. The molecule has 0 aliphatic heterocycles. The standard InChI is InChI=1S/C16H19N3O2/c1-17-15-14(20-2)16(19-10-18-15)21-13-8-7-11-5-3-4-6-12(11)9-13/h7-10H,3-6H2,1-2H3,(H,17,18,19). The van der Waals surface area contributed by atoms with Crippen LogP contribution in [0.4, 0.5) is 5.82 Å². The van der Waals surface area contributed by atoms with Gasteiger partial charge in [0.2, 0.25) is 5.75 Å². The lowest BCUT2D eigenvalue weighted by atomic mass is 9.92. The van der Waals surface area contributed by atoms with E-state index in [9.17, 15) is 0 Å². The Kier molecular flexibility index (Phi) is 3.90. The summed E-state index contributed by atoms with van der Waals surface area (Å²) in [5.41, 5.74) is 2.81. The van der Waals surface area contributed by atoms with E-state index in [0.29, 0.717) is 17.4 Å². The first-order valence-electron chi connectivity index (χ1n) is 7.18. The first-order valence-corrected chi connectivity index (χ1v) is 7.18. The molecule has 5 heteroatoms. The van der Waals surface area contributed by atoms with Crippen molar-refractivity contribution in [2.24, 2.45) is 0 Å². The fourth-order valence-corrected chi connectivity index (χ4v) is 2.68. The summed E-state index contributed by atoms with van der Waals surface area (Å²) in [5.74, 6) is 2.33. The Hall–Kier alpha value is -2.30. The van der Waals surface area contributed by atoms with Crippen molar-refractivity contribution in [2.75, 3.05) is 19.5 Å². The van der Waals surface area contributed by atoms with Crippen molar-refractivity contribution in [2.45, 2.75) is 25.7 Å². The van der Waals surface area contributed by atoms with Crippen molar-refractivity contribution in [3.8, 4) is 17.4 Å². The number of rotatable bonds is 4. The summed E-state index contributed by atoms with van der Waals surface area (Å²) in [7, 11) is 3.37. The number of ether oxygens (including phenoxy) is 2. The molecule has 3 rings (SSSR count). The minimum absolute atomic E-state index is 0.424. The van der Waals surface area contributed by atoms with Gasteiger partial charge in [-0.3, -0.25) is 0 Å². The van der Waals surface area contributed by atoms with E-state index in [2.05, 4.69) is 27.4 Å². The summed E-state index contributed by atoms with van der Waals surface area (Å²) in [6.45, 7) is 0. The molecule has 0 atom stereocenters. The van der Waals surface area contributed by atoms with Crippen molar-refractivity contribution in [3.63, 3.8) is 0 Å². The van der Waals surface area contributed by atoms with Gasteiger partial charge in [-0.1, -0.05) is 6.07 Å². The lowest BCUT2D eigenvalue weighted by molar-refractivity contribution is 0.369. The highest BCUT2D eigenvalue weighted by atomic mass is 16.5. The molecule has 0 fully saturated rings. The molecular formula is C16H19N3O2. The van der Waals surface area contributed by atoms with Crippen LogP contribution in [0.5, 0.6) is 17.4 Å². The minimum atomic E-state index is 0.424. The van der Waals surface area contributed by atoms with Crippen LogP contribution in [0.25, 0.3) is 0 Å². The highest BCUT2D eigenvalue weighted by molar-refractivity contribution is 5.55. The van der Waals surface area contributed by atoms with Crippen LogP contribution in [0.15, 0.2) is 24.5 Å². The Labute approximate surface area is 124 Å². The summed E-state index contributed by atoms with van der Waals surface area (Å²) in [5, 5.41) is 2.97. The predicted octanol–water partition coefficient (Wildman–Crippen LogP) is 3.20. The predicted molar refractivity (Wildman–Crippen MR) is 81.3 cm³/mol. The Morgan fingerprint density at radius 1 is 1.10 bits per heavy atom. The molecule has 0 saturated carbocycles. The number of aromatic nitrogens is 2. The number of methoxy groups -OCH3 is 1. The first kappa shape index (κ1) is 13.7. The third-order valence-corrected chi connectivity index (χ3v) is 3.75. The van der Waals surface area contributed by atoms with Crippen molar-refractivity contribution in [3.05, 3.63) is 35.7 Å². The van der Waals surface area contributed by atoms with Gasteiger partial charge in [0.15, 0.2) is 5.82 Å². The van der Waals surface area contributed by atoms with E-state index in [1.807, 2.05) is 6.07 Å². The maximum Gasteiger partial charge on any atom is 0.268 e. The topological polar surface area (TPSA) is 56.3 Å². The van der Waals surface area contributed by atoms with Crippen molar-refractivity contribution < 1.29 is 9.47 Å². The normalized spacial score (nSPS) is 13.4. The number of benzene rings is 1. The van der Waals surface area contributed by atoms with Crippen LogP contribution in [0.3, 0.4) is 0 Å². The highest BCUT2D eigenvalue weighted by Crippen LogP contribution is 2.35. The second-order valence-electron chi connectivity index (χ2n) is 5.05. The van der Waals surface area contributed by atoms with Gasteiger partial charge in [-0.25, -0.2) is 4.98 Å². The van der Waals surface area contributed by atoms with Gasteiger partial charge in [-0.2, -0.15) is 4.98 Å². The van der Waals surface area contributed by atoms with Gasteiger partial charge in [-0.15, -0.1) is 0 Å². The molecule has 1 aliphatic rings. The number of aryl methyl sites for hydroxylation is 2. The summed E-state index contributed by atoms with van der Waals surface area (Å²) in [6.07, 6.45) is 6.27. The molecule has 0 radical (unpaired) electrons. The maximum absolute atomic E-state index is 5.89. The van der Waals surface area contributed by atoms with Crippen LogP contribution in [0.2, 0.25) is 0 Å². The molecule has 110 valence electrons. The molecule has 1 aromatic heterocycles. The Bertz CT molecular complexity index is 643. The lowest BCUT2D eigenvalue weighted by Gasteiger charge is -2.17. The summed E-state index contributed by atoms with van der Waals surface area (Å²) in [4.78, 5) is 8.28. The zero-order chi connectivity index (χ0) is 14.7. The minimum Gasteiger partial charge on any atom is -0.489 e. The van der Waals surface area contributed by atoms with E-state index in [0.717, 1.165) is 18.6 Å². The second-order valence-corrected chi connectivity index (χ2v) is 5.05. The number of nitrogens with zero attached hydrogens (tertiary/aromatic N) is 2. The molecule has 0 bridgehead atoms. The highest BCUT2D eigenvalue weighted by Gasteiger charge is 2.15. The van der Waals surface area contributed by atoms with E-state index in [4.69, 9.17) is 9.47 Å². The smallest absolute Gasteiger partial charge is 0.268 e. The van der Waals surface area contributed by atoms with E-state index < -0.39 is 0 Å². The maximum atomic E-state index is 5.89. The Balaban J connectivity index is 1.90. The number of hydrogen-bond donors (Lipinski definition) is 1. The Morgan fingerprint density at radius 2 is 1.90 bits per heavy atom. The van der Waals surface area contributed by atoms with Crippen LogP contribution < -0.4 is 14.8 Å². The molecule has 0 amide bonds. The van der Waals surface area contributed by atoms with Gasteiger partial charge in [0, 0.05) is 7.05 Å². The molecule has 1 aromatic carbocycles. The van der Waals surface area contributed by atoms with Crippen LogP contribution in [0.1, 0.15) is 24.0 Å². The van der Waals surface area contributed by atoms with E-state index in [-0.39, 0.29) is 0 Å². The fourth-order valence-electron chi connectivity index (χ4n) is 2.68. The molecule has 0 saturated heterocycles. The van der Waals surface area contributed by atoms with E-state index in [1.54, 1.807) is 14.2 Å². The number of hydrogen-bond acceptors (Lipinski definition) is 5. The molecule has 21 heavy (non-hydrogen) atoms. The second kappa shape index (κ2) is 5.99. The van der Waals surface area contributed by atoms with Crippen LogP contribution in [0, 0.1) is 0 Å². The summed E-state index contributed by atoms with van der Waals surface area (Å²) < 4.78 is 11.2. The number of anilines is 1.